The molecule has 1 aromatic rings. The van der Waals surface area contributed by atoms with Crippen LogP contribution in [-0.2, 0) is 16.1 Å². The Bertz CT molecular complexity index is 738. The van der Waals surface area contributed by atoms with E-state index in [4.69, 9.17) is 4.74 Å². The van der Waals surface area contributed by atoms with Gasteiger partial charge in [0.2, 0.25) is 0 Å². The van der Waals surface area contributed by atoms with Gasteiger partial charge in [0.1, 0.15) is 6.61 Å². The second kappa shape index (κ2) is 8.86. The predicted molar refractivity (Wildman–Crippen MR) is 103 cm³/mol. The number of rotatable bonds is 5. The minimum Gasteiger partial charge on any atom is -0.443 e. The van der Waals surface area contributed by atoms with E-state index in [0.717, 1.165) is 22.6 Å². The van der Waals surface area contributed by atoms with Gasteiger partial charge in [-0.05, 0) is 38.7 Å². The van der Waals surface area contributed by atoms with E-state index in [1.165, 1.54) is 0 Å². The maximum absolute atomic E-state index is 13.0. The van der Waals surface area contributed by atoms with Crippen LogP contribution in [0.25, 0.3) is 0 Å². The summed E-state index contributed by atoms with van der Waals surface area (Å²) in [6.07, 6.45) is 3.85. The minimum absolute atomic E-state index is 0.0903. The first-order valence-electron chi connectivity index (χ1n) is 9.04. The van der Waals surface area contributed by atoms with Gasteiger partial charge in [-0.2, -0.15) is 0 Å². The third-order valence-electron chi connectivity index (χ3n) is 4.37. The fourth-order valence-corrected chi connectivity index (χ4v) is 2.90. The average molecular weight is 372 g/mol. The zero-order chi connectivity index (χ0) is 20.0. The topological polar surface area (TPSA) is 78.9 Å². The van der Waals surface area contributed by atoms with Crippen molar-refractivity contribution in [2.75, 3.05) is 6.61 Å². The number of aliphatic hydroxyl groups is 1. The molecule has 0 aliphatic heterocycles. The Labute approximate surface area is 160 Å². The Morgan fingerprint density at radius 2 is 1.96 bits per heavy atom. The van der Waals surface area contributed by atoms with Gasteiger partial charge in [-0.25, -0.2) is 15.2 Å². The number of amides is 2. The molecule has 1 aliphatic carbocycles. The number of benzene rings is 1. The number of carbonyl (C=O) groups excluding carboxylic acids is 2. The molecule has 0 radical (unpaired) electrons. The van der Waals surface area contributed by atoms with E-state index in [0.29, 0.717) is 5.57 Å². The normalized spacial score (nSPS) is 16.9. The van der Waals surface area contributed by atoms with Crippen LogP contribution in [0.1, 0.15) is 39.7 Å². The molecule has 6 nitrogen and oxygen atoms in total. The Kier molecular flexibility index (Phi) is 6.80. The maximum atomic E-state index is 13.0. The lowest BCUT2D eigenvalue weighted by Gasteiger charge is -2.37. The second-order valence-corrected chi connectivity index (χ2v) is 7.58. The molecule has 146 valence electrons. The summed E-state index contributed by atoms with van der Waals surface area (Å²) < 4.78 is 5.22. The summed E-state index contributed by atoms with van der Waals surface area (Å²) in [6.45, 7) is 7.13. The van der Waals surface area contributed by atoms with Crippen molar-refractivity contribution >= 4 is 12.0 Å². The van der Waals surface area contributed by atoms with Gasteiger partial charge in [-0.15, -0.1) is 0 Å². The third-order valence-corrected chi connectivity index (χ3v) is 4.37. The monoisotopic (exact) mass is 372 g/mol. The van der Waals surface area contributed by atoms with Crippen molar-refractivity contribution in [2.45, 2.75) is 46.3 Å². The van der Waals surface area contributed by atoms with Crippen LogP contribution in [0.5, 0.6) is 0 Å². The summed E-state index contributed by atoms with van der Waals surface area (Å²) in [6, 6.07) is 9.27. The van der Waals surface area contributed by atoms with Gasteiger partial charge in [0.05, 0.1) is 12.1 Å². The van der Waals surface area contributed by atoms with Gasteiger partial charge in [0, 0.05) is 5.57 Å². The van der Waals surface area contributed by atoms with Crippen LogP contribution in [0.4, 0.5) is 4.79 Å². The first-order chi connectivity index (χ1) is 12.7. The number of carbonyl (C=O) groups is 2. The van der Waals surface area contributed by atoms with Crippen molar-refractivity contribution in [3.05, 3.63) is 59.2 Å². The van der Waals surface area contributed by atoms with E-state index in [-0.39, 0.29) is 25.0 Å². The van der Waals surface area contributed by atoms with Crippen molar-refractivity contribution in [3.8, 4) is 0 Å². The molecule has 1 unspecified atom stereocenters. The van der Waals surface area contributed by atoms with Crippen molar-refractivity contribution < 1.29 is 19.4 Å². The van der Waals surface area contributed by atoms with Gasteiger partial charge < -0.3 is 9.84 Å². The fourth-order valence-electron chi connectivity index (χ4n) is 2.90. The molecule has 1 aromatic carbocycles. The van der Waals surface area contributed by atoms with E-state index in [2.05, 4.69) is 5.43 Å². The smallest absolute Gasteiger partial charge is 0.426 e. The second-order valence-electron chi connectivity index (χ2n) is 7.58. The molecule has 0 heterocycles. The molecule has 0 aromatic heterocycles. The molecule has 0 saturated heterocycles. The van der Waals surface area contributed by atoms with Crippen LogP contribution in [-0.4, -0.2) is 34.3 Å². The highest BCUT2D eigenvalue weighted by Crippen LogP contribution is 2.25. The summed E-state index contributed by atoms with van der Waals surface area (Å²) >= 11 is 0. The van der Waals surface area contributed by atoms with Crippen molar-refractivity contribution in [3.63, 3.8) is 0 Å². The lowest BCUT2D eigenvalue weighted by Crippen LogP contribution is -2.59. The van der Waals surface area contributed by atoms with Crippen LogP contribution in [0.15, 0.2) is 53.6 Å². The molecule has 6 heteroatoms. The molecule has 1 aliphatic rings. The molecule has 0 spiro atoms. The Hall–Kier alpha value is -2.60. The molecular formula is C21H28N2O4. The van der Waals surface area contributed by atoms with Crippen LogP contribution >= 0.6 is 0 Å². The Morgan fingerprint density at radius 1 is 1.30 bits per heavy atom. The first kappa shape index (κ1) is 20.7. The van der Waals surface area contributed by atoms with Crippen molar-refractivity contribution in [1.82, 2.24) is 10.4 Å². The van der Waals surface area contributed by atoms with Crippen molar-refractivity contribution in [2.24, 2.45) is 5.92 Å². The molecule has 0 saturated carbocycles. The molecule has 27 heavy (non-hydrogen) atoms. The number of allylic oxidation sites excluding steroid dienone is 2. The molecule has 2 amide bonds. The van der Waals surface area contributed by atoms with Gasteiger partial charge in [-0.1, -0.05) is 55.0 Å². The van der Waals surface area contributed by atoms with Crippen LogP contribution in [0.3, 0.4) is 0 Å². The number of nitrogens with one attached hydrogen (secondary N) is 1. The quantitative estimate of drug-likeness (QED) is 0.777. The Balaban J connectivity index is 2.12. The summed E-state index contributed by atoms with van der Waals surface area (Å²) in [4.78, 5) is 25.3. The average Bonchev–Trinajstić information content (AvgIpc) is 2.64. The number of nitrogens with zero attached hydrogens (tertiary/aromatic N) is 1. The van der Waals surface area contributed by atoms with Crippen molar-refractivity contribution in [1.29, 1.82) is 0 Å². The standard InChI is InChI=1S/C21H28N2O4/c1-15-10-16(2)12-18(11-15)19(25)23(21(3,4)14-24)22-20(26)27-13-17-8-6-5-7-9-17/h5-9,11-12,15,24H,10,13-14H2,1-4H3,(H,22,26). The fraction of sp³-hybridized carbons (Fsp3) is 0.429. The summed E-state index contributed by atoms with van der Waals surface area (Å²) in [5.41, 5.74) is 3.94. The highest BCUT2D eigenvalue weighted by Gasteiger charge is 2.34. The van der Waals surface area contributed by atoms with Crippen LogP contribution < -0.4 is 5.43 Å². The third kappa shape index (κ3) is 5.69. The first-order valence-corrected chi connectivity index (χ1v) is 9.04. The lowest BCUT2D eigenvalue weighted by molar-refractivity contribution is -0.137. The lowest BCUT2D eigenvalue weighted by atomic mass is 9.91. The highest BCUT2D eigenvalue weighted by atomic mass is 16.6. The predicted octanol–water partition coefficient (Wildman–Crippen LogP) is 3.34. The number of hydrogen-bond acceptors (Lipinski definition) is 4. The molecule has 0 bridgehead atoms. The van der Waals surface area contributed by atoms with E-state index in [1.54, 1.807) is 13.8 Å². The van der Waals surface area contributed by atoms with E-state index in [1.807, 2.05) is 56.3 Å². The zero-order valence-electron chi connectivity index (χ0n) is 16.4. The SMILES string of the molecule is CC1=CC(C(=O)N(NC(=O)OCc2ccccc2)C(C)(C)CO)=CC(C)C1. The van der Waals surface area contributed by atoms with Gasteiger partial charge in [0.25, 0.3) is 5.91 Å². The molecule has 2 rings (SSSR count). The van der Waals surface area contributed by atoms with E-state index < -0.39 is 11.6 Å². The van der Waals surface area contributed by atoms with Gasteiger partial charge in [-0.3, -0.25) is 4.79 Å². The number of hydrogen-bond donors (Lipinski definition) is 2. The largest absolute Gasteiger partial charge is 0.443 e. The number of aliphatic hydroxyl groups excluding tert-OH is 1. The summed E-state index contributed by atoms with van der Waals surface area (Å²) in [5.74, 6) is -0.144. The molecule has 1 atom stereocenters. The van der Waals surface area contributed by atoms with Gasteiger partial charge >= 0.3 is 6.09 Å². The molecule has 0 fully saturated rings. The zero-order valence-corrected chi connectivity index (χ0v) is 16.4. The minimum atomic E-state index is -0.994. The summed E-state index contributed by atoms with van der Waals surface area (Å²) in [7, 11) is 0. The van der Waals surface area contributed by atoms with E-state index in [9.17, 15) is 14.7 Å². The van der Waals surface area contributed by atoms with Crippen LogP contribution in [0, 0.1) is 5.92 Å². The Morgan fingerprint density at radius 3 is 2.56 bits per heavy atom. The number of ether oxygens (including phenoxy) is 1. The van der Waals surface area contributed by atoms with Crippen LogP contribution in [0.2, 0.25) is 0 Å². The number of hydrazine groups is 1. The summed E-state index contributed by atoms with van der Waals surface area (Å²) in [5, 5.41) is 10.9. The van der Waals surface area contributed by atoms with E-state index >= 15 is 0 Å². The molecular weight excluding hydrogens is 344 g/mol. The highest BCUT2D eigenvalue weighted by molar-refractivity contribution is 5.97. The molecule has 2 N–H and O–H groups in total. The maximum Gasteiger partial charge on any atom is 0.426 e. The van der Waals surface area contributed by atoms with Gasteiger partial charge in [0.15, 0.2) is 0 Å².